The van der Waals surface area contributed by atoms with Crippen LogP contribution >= 0.6 is 12.2 Å². The lowest BCUT2D eigenvalue weighted by atomic mass is 10.2. The molecule has 1 aromatic rings. The molecule has 2 aliphatic rings. The van der Waals surface area contributed by atoms with E-state index >= 15 is 0 Å². The Morgan fingerprint density at radius 1 is 1.26 bits per heavy atom. The fourth-order valence-corrected chi connectivity index (χ4v) is 3.41. The summed E-state index contributed by atoms with van der Waals surface area (Å²) in [6, 6.07) is 1.99. The van der Waals surface area contributed by atoms with Crippen molar-refractivity contribution in [1.82, 2.24) is 10.4 Å². The van der Waals surface area contributed by atoms with Crippen molar-refractivity contribution >= 4 is 40.6 Å². The number of hydrogen-bond acceptors (Lipinski definition) is 6. The summed E-state index contributed by atoms with van der Waals surface area (Å²) in [6.45, 7) is 2.16. The van der Waals surface area contributed by atoms with Crippen molar-refractivity contribution in [3.63, 3.8) is 0 Å². The zero-order valence-corrected chi connectivity index (χ0v) is 17.3. The maximum atomic E-state index is 14.8. The number of benzene rings is 1. The molecular weight excluding hydrogens is 444 g/mol. The van der Waals surface area contributed by atoms with Crippen molar-refractivity contribution < 1.29 is 36.7 Å². The lowest BCUT2D eigenvalue weighted by Crippen LogP contribution is -2.37. The highest BCUT2D eigenvalue weighted by Gasteiger charge is 2.34. The molecule has 2 fully saturated rings. The molecule has 0 bridgehead atoms. The zero-order chi connectivity index (χ0) is 22.7. The number of alkyl halides is 2. The van der Waals surface area contributed by atoms with Gasteiger partial charge in [0.1, 0.15) is 16.8 Å². The van der Waals surface area contributed by atoms with Gasteiger partial charge in [-0.3, -0.25) is 14.5 Å². The van der Waals surface area contributed by atoms with Crippen LogP contribution in [0.1, 0.15) is 6.92 Å². The number of amides is 2. The normalized spacial score (nSPS) is 19.5. The number of carbonyl (C=O) groups excluding carboxylic acids is 2. The Balaban J connectivity index is 1.71. The Labute approximate surface area is 180 Å². The molecule has 2 aliphatic heterocycles. The molecule has 1 atom stereocenters. The van der Waals surface area contributed by atoms with Crippen LogP contribution in [0.25, 0.3) is 0 Å². The third-order valence-corrected chi connectivity index (χ3v) is 4.94. The maximum Gasteiger partial charge on any atom is 0.414 e. The molecule has 0 unspecified atom stereocenters. The topological polar surface area (TPSA) is 74.4 Å². The highest BCUT2D eigenvalue weighted by molar-refractivity contribution is 7.80. The first kappa shape index (κ1) is 23.0. The Hall–Kier alpha value is -2.67. The van der Waals surface area contributed by atoms with E-state index in [4.69, 9.17) is 21.8 Å². The monoisotopic (exact) mass is 464 g/mol. The second-order valence-electron chi connectivity index (χ2n) is 6.86. The number of rotatable bonds is 5. The summed E-state index contributed by atoms with van der Waals surface area (Å²) in [4.78, 5) is 31.4. The summed E-state index contributed by atoms with van der Waals surface area (Å²) in [5.74, 6) is -3.27. The molecule has 3 rings (SSSR count). The standard InChI is InChI=1S/C18H20F4N4O4S/c1-10(31)26-3-2-24(4-5-29-26)15-13(19)6-11(7-14(15)20)25-9-12(30-18(25)28)8-23-17(27)16(21)22/h6-7,12,16H,2-5,8-9H2,1H3,(H,23,27)/t12-/m0/s1. The average Bonchev–Trinajstić information content (AvgIpc) is 2.90. The Morgan fingerprint density at radius 3 is 2.55 bits per heavy atom. The molecule has 0 aromatic heterocycles. The van der Waals surface area contributed by atoms with Crippen LogP contribution in [0, 0.1) is 11.6 Å². The van der Waals surface area contributed by atoms with Crippen molar-refractivity contribution in [2.75, 3.05) is 49.1 Å². The smallest absolute Gasteiger partial charge is 0.414 e. The third kappa shape index (κ3) is 5.34. The first-order chi connectivity index (χ1) is 14.7. The van der Waals surface area contributed by atoms with E-state index in [1.807, 2.05) is 5.32 Å². The number of nitrogens with one attached hydrogen (secondary N) is 1. The number of hydrogen-bond donors (Lipinski definition) is 1. The van der Waals surface area contributed by atoms with Crippen molar-refractivity contribution in [1.29, 1.82) is 0 Å². The van der Waals surface area contributed by atoms with Crippen molar-refractivity contribution in [3.8, 4) is 0 Å². The predicted octanol–water partition coefficient (Wildman–Crippen LogP) is 2.07. The number of cyclic esters (lactones) is 1. The number of ether oxygens (including phenoxy) is 1. The van der Waals surface area contributed by atoms with Gasteiger partial charge in [0.05, 0.1) is 31.9 Å². The van der Waals surface area contributed by atoms with Gasteiger partial charge in [-0.25, -0.2) is 18.6 Å². The number of thiocarbonyl (C=S) groups is 1. The van der Waals surface area contributed by atoms with E-state index in [1.165, 1.54) is 9.96 Å². The summed E-state index contributed by atoms with van der Waals surface area (Å²) >= 11 is 5.05. The van der Waals surface area contributed by atoms with E-state index in [0.717, 1.165) is 17.0 Å². The van der Waals surface area contributed by atoms with Gasteiger partial charge in [-0.1, -0.05) is 12.2 Å². The van der Waals surface area contributed by atoms with Crippen LogP contribution in [0.5, 0.6) is 0 Å². The number of nitrogens with zero attached hydrogens (tertiary/aromatic N) is 3. The van der Waals surface area contributed by atoms with E-state index in [1.54, 1.807) is 6.92 Å². The molecule has 2 saturated heterocycles. The highest BCUT2D eigenvalue weighted by Crippen LogP contribution is 2.31. The zero-order valence-electron chi connectivity index (χ0n) is 16.4. The van der Waals surface area contributed by atoms with Gasteiger partial charge in [0.15, 0.2) is 11.6 Å². The van der Waals surface area contributed by atoms with Crippen molar-refractivity contribution in [2.45, 2.75) is 19.5 Å². The number of anilines is 2. The minimum atomic E-state index is -3.20. The van der Waals surface area contributed by atoms with Crippen LogP contribution in [0.3, 0.4) is 0 Å². The van der Waals surface area contributed by atoms with Gasteiger partial charge in [0.25, 0.3) is 5.91 Å². The third-order valence-electron chi connectivity index (χ3n) is 4.74. The van der Waals surface area contributed by atoms with Crippen LogP contribution < -0.4 is 15.1 Å². The molecule has 13 heteroatoms. The highest BCUT2D eigenvalue weighted by atomic mass is 32.1. The first-order valence-electron chi connectivity index (χ1n) is 9.36. The van der Waals surface area contributed by atoms with Crippen LogP contribution in [0.2, 0.25) is 0 Å². The molecule has 0 spiro atoms. The lowest BCUT2D eigenvalue weighted by molar-refractivity contribution is -0.132. The molecule has 1 aromatic carbocycles. The largest absolute Gasteiger partial charge is 0.442 e. The molecule has 0 radical (unpaired) electrons. The summed E-state index contributed by atoms with van der Waals surface area (Å²) in [5, 5.41) is 3.42. The van der Waals surface area contributed by atoms with Gasteiger partial charge in [0.2, 0.25) is 0 Å². The van der Waals surface area contributed by atoms with Gasteiger partial charge in [0, 0.05) is 25.2 Å². The Morgan fingerprint density at radius 2 is 1.94 bits per heavy atom. The predicted molar refractivity (Wildman–Crippen MR) is 106 cm³/mol. The lowest BCUT2D eigenvalue weighted by Gasteiger charge is -2.24. The van der Waals surface area contributed by atoms with Crippen molar-refractivity contribution in [2.24, 2.45) is 0 Å². The van der Waals surface area contributed by atoms with Crippen LogP contribution in [0.15, 0.2) is 12.1 Å². The molecule has 2 amide bonds. The molecular formula is C18H20F4N4O4S. The van der Waals surface area contributed by atoms with E-state index in [-0.39, 0.29) is 44.2 Å². The molecule has 8 nitrogen and oxygen atoms in total. The number of halogens is 4. The van der Waals surface area contributed by atoms with E-state index in [9.17, 15) is 27.2 Å². The minimum absolute atomic E-state index is 0.0890. The van der Waals surface area contributed by atoms with E-state index < -0.39 is 36.2 Å². The van der Waals surface area contributed by atoms with Crippen LogP contribution in [-0.2, 0) is 14.4 Å². The second kappa shape index (κ2) is 9.64. The van der Waals surface area contributed by atoms with Gasteiger partial charge >= 0.3 is 12.5 Å². The second-order valence-corrected chi connectivity index (χ2v) is 7.45. The summed E-state index contributed by atoms with van der Waals surface area (Å²) in [6.07, 6.45) is -5.04. The minimum Gasteiger partial charge on any atom is -0.442 e. The van der Waals surface area contributed by atoms with Gasteiger partial charge < -0.3 is 15.0 Å². The molecule has 0 aliphatic carbocycles. The van der Waals surface area contributed by atoms with Crippen LogP contribution in [-0.4, -0.2) is 73.9 Å². The fraction of sp³-hybridized carbons (Fsp3) is 0.500. The molecule has 1 N–H and O–H groups in total. The quantitative estimate of drug-likeness (QED) is 0.528. The summed E-state index contributed by atoms with van der Waals surface area (Å²) in [5.41, 5.74) is -0.349. The number of carbonyl (C=O) groups is 2. The van der Waals surface area contributed by atoms with Gasteiger partial charge in [-0.2, -0.15) is 8.78 Å². The number of hydroxylamine groups is 2. The molecule has 170 valence electrons. The van der Waals surface area contributed by atoms with Crippen molar-refractivity contribution in [3.05, 3.63) is 23.8 Å². The maximum absolute atomic E-state index is 14.8. The van der Waals surface area contributed by atoms with Crippen LogP contribution in [0.4, 0.5) is 33.7 Å². The van der Waals surface area contributed by atoms with E-state index in [0.29, 0.717) is 11.5 Å². The Kier molecular flexibility index (Phi) is 7.15. The summed E-state index contributed by atoms with van der Waals surface area (Å²) < 4.78 is 59.1. The molecule has 31 heavy (non-hydrogen) atoms. The SMILES string of the molecule is CC(=S)N1CCN(c2c(F)cc(N3C[C@H](CNC(=O)C(F)F)OC3=O)cc2F)CCO1. The molecule has 2 heterocycles. The fourth-order valence-electron chi connectivity index (χ4n) is 3.26. The first-order valence-corrected chi connectivity index (χ1v) is 9.77. The average molecular weight is 464 g/mol. The van der Waals surface area contributed by atoms with E-state index in [2.05, 4.69) is 0 Å². The van der Waals surface area contributed by atoms with Gasteiger partial charge in [-0.15, -0.1) is 0 Å². The summed E-state index contributed by atoms with van der Waals surface area (Å²) in [7, 11) is 0. The Bertz CT molecular complexity index is 852. The molecule has 0 saturated carbocycles. The van der Waals surface area contributed by atoms with Gasteiger partial charge in [-0.05, 0) is 6.92 Å².